The van der Waals surface area contributed by atoms with Gasteiger partial charge in [-0.1, -0.05) is 54.6 Å². The molecule has 0 bridgehead atoms. The predicted octanol–water partition coefficient (Wildman–Crippen LogP) is 7.85. The lowest BCUT2D eigenvalue weighted by Crippen LogP contribution is -2.30. The number of thioether (sulfide) groups is 1. The van der Waals surface area contributed by atoms with Crippen molar-refractivity contribution < 1.29 is 8.98 Å². The van der Waals surface area contributed by atoms with Crippen LogP contribution in [0.15, 0.2) is 94.4 Å². The van der Waals surface area contributed by atoms with Crippen molar-refractivity contribution in [3.63, 3.8) is 0 Å². The maximum absolute atomic E-state index is 6.81. The SMILES string of the molecule is Cc1ccc2c(oc3c(-c4cc5ccccc5c5c4SCC5)cccc32)c1-c1cccc[n+]1C. The zero-order valence-corrected chi connectivity index (χ0v) is 20.1. The molecule has 0 unspecified atom stereocenters. The van der Waals surface area contributed by atoms with Crippen LogP contribution in [0.25, 0.3) is 55.1 Å². The Hall–Kier alpha value is -3.56. The summed E-state index contributed by atoms with van der Waals surface area (Å²) in [4.78, 5) is 1.41. The summed E-state index contributed by atoms with van der Waals surface area (Å²) in [5, 5.41) is 5.04. The molecule has 0 spiro atoms. The average molecular weight is 459 g/mol. The molecule has 3 heterocycles. The van der Waals surface area contributed by atoms with Gasteiger partial charge in [0, 0.05) is 39.1 Å². The standard InChI is InChI=1S/C31H24NOS/c1-19-13-14-24-22-10-7-11-23(29(22)33-30(24)28(19)27-12-5-6-16-32(27)2)26-18-20-8-3-4-9-21(20)25-15-17-34-31(25)26/h3-14,16,18H,15,17H2,1-2H3/q+1. The molecule has 0 N–H and O–H groups in total. The number of benzene rings is 4. The van der Waals surface area contributed by atoms with Crippen LogP contribution in [-0.2, 0) is 13.5 Å². The number of para-hydroxylation sites is 1. The Bertz CT molecular complexity index is 1760. The van der Waals surface area contributed by atoms with Crippen LogP contribution in [0.1, 0.15) is 11.1 Å². The van der Waals surface area contributed by atoms with Crippen LogP contribution in [0.5, 0.6) is 0 Å². The number of nitrogens with zero attached hydrogens (tertiary/aromatic N) is 1. The summed E-state index contributed by atoms with van der Waals surface area (Å²) in [5.41, 5.74) is 9.46. The first-order valence-corrected chi connectivity index (χ1v) is 12.8. The summed E-state index contributed by atoms with van der Waals surface area (Å²) < 4.78 is 8.98. The summed E-state index contributed by atoms with van der Waals surface area (Å²) in [6.07, 6.45) is 3.22. The van der Waals surface area contributed by atoms with Crippen molar-refractivity contribution in [3.8, 4) is 22.4 Å². The van der Waals surface area contributed by atoms with E-state index in [0.717, 1.165) is 29.0 Å². The Morgan fingerprint density at radius 3 is 2.53 bits per heavy atom. The Morgan fingerprint density at radius 2 is 1.62 bits per heavy atom. The normalized spacial score (nSPS) is 13.2. The zero-order valence-electron chi connectivity index (χ0n) is 19.3. The Balaban J connectivity index is 1.57. The van der Waals surface area contributed by atoms with Crippen molar-refractivity contribution in [2.24, 2.45) is 7.05 Å². The van der Waals surface area contributed by atoms with Crippen LogP contribution in [0.4, 0.5) is 0 Å². The highest BCUT2D eigenvalue weighted by Gasteiger charge is 2.24. The first-order chi connectivity index (χ1) is 16.7. The van der Waals surface area contributed by atoms with Crippen LogP contribution in [0.3, 0.4) is 0 Å². The van der Waals surface area contributed by atoms with E-state index in [1.807, 2.05) is 11.8 Å². The first kappa shape index (κ1) is 19.9. The second-order valence-corrected chi connectivity index (χ2v) is 10.3. The quantitative estimate of drug-likeness (QED) is 0.246. The number of aryl methyl sites for hydroxylation is 3. The molecular formula is C31H24NOS+. The molecule has 4 aromatic carbocycles. The van der Waals surface area contributed by atoms with Gasteiger partial charge >= 0.3 is 0 Å². The van der Waals surface area contributed by atoms with Gasteiger partial charge in [0.05, 0.1) is 5.56 Å². The molecular weight excluding hydrogens is 434 g/mol. The van der Waals surface area contributed by atoms with Crippen LogP contribution in [0.2, 0.25) is 0 Å². The van der Waals surface area contributed by atoms with Crippen LogP contribution in [0, 0.1) is 6.92 Å². The largest absolute Gasteiger partial charge is 0.454 e. The van der Waals surface area contributed by atoms with E-state index in [2.05, 4.69) is 104 Å². The van der Waals surface area contributed by atoms with Gasteiger partial charge < -0.3 is 4.42 Å². The molecule has 2 aromatic heterocycles. The third-order valence-electron chi connectivity index (χ3n) is 7.18. The lowest BCUT2D eigenvalue weighted by atomic mass is 9.94. The van der Waals surface area contributed by atoms with Crippen molar-refractivity contribution in [1.29, 1.82) is 0 Å². The lowest BCUT2D eigenvalue weighted by molar-refractivity contribution is -0.660. The zero-order chi connectivity index (χ0) is 22.8. The Labute approximate surface area is 202 Å². The van der Waals surface area contributed by atoms with Gasteiger partial charge in [-0.15, -0.1) is 11.8 Å². The van der Waals surface area contributed by atoms with Crippen molar-refractivity contribution in [3.05, 3.63) is 96.2 Å². The van der Waals surface area contributed by atoms with Crippen molar-refractivity contribution >= 4 is 44.5 Å². The van der Waals surface area contributed by atoms with E-state index in [4.69, 9.17) is 4.42 Å². The van der Waals surface area contributed by atoms with E-state index in [9.17, 15) is 0 Å². The molecule has 0 amide bonds. The molecule has 1 aliphatic rings. The molecule has 2 nitrogen and oxygen atoms in total. The molecule has 34 heavy (non-hydrogen) atoms. The molecule has 1 aliphatic heterocycles. The molecule has 164 valence electrons. The van der Waals surface area contributed by atoms with Gasteiger partial charge in [-0.25, -0.2) is 4.57 Å². The van der Waals surface area contributed by atoms with Gasteiger partial charge in [0.1, 0.15) is 18.2 Å². The minimum atomic E-state index is 0.967. The monoisotopic (exact) mass is 458 g/mol. The average Bonchev–Trinajstić information content (AvgIpc) is 3.49. The fourth-order valence-corrected chi connectivity index (χ4v) is 6.77. The van der Waals surface area contributed by atoms with E-state index in [1.54, 1.807) is 0 Å². The minimum Gasteiger partial charge on any atom is -0.454 e. The van der Waals surface area contributed by atoms with Gasteiger partial charge in [0.2, 0.25) is 5.69 Å². The van der Waals surface area contributed by atoms with Gasteiger partial charge in [-0.05, 0) is 52.9 Å². The molecule has 6 aromatic rings. The molecule has 0 atom stereocenters. The maximum Gasteiger partial charge on any atom is 0.216 e. The molecule has 7 rings (SSSR count). The summed E-state index contributed by atoms with van der Waals surface area (Å²) in [6, 6.07) is 28.5. The summed E-state index contributed by atoms with van der Waals surface area (Å²) in [5.74, 6) is 1.14. The van der Waals surface area contributed by atoms with Gasteiger partial charge in [-0.3, -0.25) is 0 Å². The van der Waals surface area contributed by atoms with E-state index in [0.29, 0.717) is 0 Å². The molecule has 0 saturated heterocycles. The highest BCUT2D eigenvalue weighted by Crippen LogP contribution is 2.47. The number of furan rings is 1. The van der Waals surface area contributed by atoms with Crippen LogP contribution < -0.4 is 4.57 Å². The van der Waals surface area contributed by atoms with E-state index in [1.165, 1.54) is 54.3 Å². The topological polar surface area (TPSA) is 17.0 Å². The number of fused-ring (bicyclic) bond motifs is 6. The van der Waals surface area contributed by atoms with Gasteiger partial charge in [0.25, 0.3) is 0 Å². The van der Waals surface area contributed by atoms with Crippen LogP contribution >= 0.6 is 11.8 Å². The van der Waals surface area contributed by atoms with Crippen molar-refractivity contribution in [2.75, 3.05) is 5.75 Å². The number of hydrogen-bond acceptors (Lipinski definition) is 2. The van der Waals surface area contributed by atoms with Gasteiger partial charge in [-0.2, -0.15) is 0 Å². The molecule has 0 radical (unpaired) electrons. The van der Waals surface area contributed by atoms with E-state index < -0.39 is 0 Å². The smallest absolute Gasteiger partial charge is 0.216 e. The number of aromatic nitrogens is 1. The van der Waals surface area contributed by atoms with Crippen LogP contribution in [-0.4, -0.2) is 5.75 Å². The minimum absolute atomic E-state index is 0.967. The third-order valence-corrected chi connectivity index (χ3v) is 8.34. The Kier molecular flexibility index (Phi) is 4.37. The van der Waals surface area contributed by atoms with Gasteiger partial charge in [0.15, 0.2) is 6.20 Å². The Morgan fingerprint density at radius 1 is 0.794 bits per heavy atom. The van der Waals surface area contributed by atoms with Crippen molar-refractivity contribution in [1.82, 2.24) is 0 Å². The maximum atomic E-state index is 6.81. The molecule has 0 aliphatic carbocycles. The molecule has 3 heteroatoms. The number of pyridine rings is 1. The molecule has 0 fully saturated rings. The molecule has 0 saturated carbocycles. The second kappa shape index (κ2) is 7.48. The summed E-state index contributed by atoms with van der Waals surface area (Å²) >= 11 is 1.98. The highest BCUT2D eigenvalue weighted by atomic mass is 32.2. The predicted molar refractivity (Wildman–Crippen MR) is 142 cm³/mol. The first-order valence-electron chi connectivity index (χ1n) is 11.8. The van der Waals surface area contributed by atoms with Crippen molar-refractivity contribution in [2.45, 2.75) is 18.2 Å². The second-order valence-electron chi connectivity index (χ2n) is 9.17. The third kappa shape index (κ3) is 2.80. The number of hydrogen-bond donors (Lipinski definition) is 0. The highest BCUT2D eigenvalue weighted by molar-refractivity contribution is 7.99. The van der Waals surface area contributed by atoms with E-state index >= 15 is 0 Å². The summed E-state index contributed by atoms with van der Waals surface area (Å²) in [6.45, 7) is 2.17. The fourth-order valence-electron chi connectivity index (χ4n) is 5.55. The van der Waals surface area contributed by atoms with E-state index in [-0.39, 0.29) is 0 Å². The fraction of sp³-hybridized carbons (Fsp3) is 0.129. The summed E-state index contributed by atoms with van der Waals surface area (Å²) in [7, 11) is 2.09. The number of rotatable bonds is 2. The lowest BCUT2D eigenvalue weighted by Gasteiger charge is -2.12.